The quantitative estimate of drug-likeness (QED) is 0.730. The van der Waals surface area contributed by atoms with Crippen molar-refractivity contribution in [2.24, 2.45) is 0 Å². The number of rotatable bonds is 2. The molecule has 1 fully saturated rings. The van der Waals surface area contributed by atoms with E-state index in [1.54, 1.807) is 0 Å². The Hall–Kier alpha value is -1.97. The third-order valence-electron chi connectivity index (χ3n) is 3.51. The average molecular weight is 389 g/mol. The minimum atomic E-state index is -4.77. The van der Waals surface area contributed by atoms with Crippen LogP contribution in [0.4, 0.5) is 26.3 Å². The summed E-state index contributed by atoms with van der Waals surface area (Å²) in [5, 5.41) is -0.815. The summed E-state index contributed by atoms with van der Waals surface area (Å²) in [4.78, 5) is 25.5. The van der Waals surface area contributed by atoms with Gasteiger partial charge in [-0.05, 0) is 12.1 Å². The van der Waals surface area contributed by atoms with Crippen LogP contribution < -0.4 is 0 Å². The van der Waals surface area contributed by atoms with Crippen LogP contribution >= 0.6 is 11.6 Å². The highest BCUT2D eigenvalue weighted by Crippen LogP contribution is 2.36. The summed E-state index contributed by atoms with van der Waals surface area (Å²) in [6.45, 7) is -2.73. The van der Waals surface area contributed by atoms with Crippen LogP contribution in [0.2, 0.25) is 5.02 Å². The van der Waals surface area contributed by atoms with Crippen molar-refractivity contribution in [3.63, 3.8) is 0 Å². The van der Waals surface area contributed by atoms with Crippen LogP contribution in [-0.2, 0) is 11.0 Å². The zero-order chi connectivity index (χ0) is 19.0. The molecule has 1 aliphatic heterocycles. The van der Waals surface area contributed by atoms with Crippen molar-refractivity contribution in [1.29, 1.82) is 0 Å². The third kappa shape index (κ3) is 4.56. The number of nitrogens with zero attached hydrogens (tertiary/aromatic N) is 2. The smallest absolute Gasteiger partial charge is 0.330 e. The lowest BCUT2D eigenvalue weighted by atomic mass is 10.1. The van der Waals surface area contributed by atoms with Gasteiger partial charge in [-0.2, -0.15) is 26.3 Å². The topological polar surface area (TPSA) is 40.6 Å². The minimum absolute atomic E-state index is 0.243. The molecule has 1 aliphatic rings. The number of hydrogen-bond donors (Lipinski definition) is 0. The minimum Gasteiger partial charge on any atom is -0.330 e. The number of piperazine rings is 1. The predicted octanol–water partition coefficient (Wildman–Crippen LogP) is 3.21. The molecule has 138 valence electrons. The molecule has 0 aliphatic carbocycles. The standard InChI is InChI=1S/C14H11ClF6N2O2/c15-11-8(2-1-3-9(11)14(19,20)21)12(25)22-4-5-23(10(24)6-22)7-13(16,17)18/h1-3H,4-7H2. The number of benzene rings is 1. The predicted molar refractivity (Wildman–Crippen MR) is 75.0 cm³/mol. The van der Waals surface area contributed by atoms with Gasteiger partial charge in [0.15, 0.2) is 0 Å². The van der Waals surface area contributed by atoms with E-state index in [1.165, 1.54) is 0 Å². The maximum atomic E-state index is 12.8. The average Bonchev–Trinajstić information content (AvgIpc) is 2.46. The first-order valence-corrected chi connectivity index (χ1v) is 7.27. The molecule has 11 heteroatoms. The Labute approximate surface area is 142 Å². The van der Waals surface area contributed by atoms with Crippen LogP contribution in [0.15, 0.2) is 18.2 Å². The number of alkyl halides is 6. The van der Waals surface area contributed by atoms with E-state index >= 15 is 0 Å². The molecule has 25 heavy (non-hydrogen) atoms. The summed E-state index contributed by atoms with van der Waals surface area (Å²) in [6, 6.07) is 2.75. The Morgan fingerprint density at radius 1 is 1.12 bits per heavy atom. The van der Waals surface area contributed by atoms with Crippen molar-refractivity contribution in [2.75, 3.05) is 26.2 Å². The first kappa shape index (κ1) is 19.4. The SMILES string of the molecule is O=C1CN(C(=O)c2cccc(C(F)(F)F)c2Cl)CCN1CC(F)(F)F. The molecule has 0 unspecified atom stereocenters. The fourth-order valence-corrected chi connectivity index (χ4v) is 2.67. The van der Waals surface area contributed by atoms with Gasteiger partial charge in [0.1, 0.15) is 13.1 Å². The van der Waals surface area contributed by atoms with Gasteiger partial charge >= 0.3 is 12.4 Å². The number of carbonyl (C=O) groups excluding carboxylic acids is 2. The third-order valence-corrected chi connectivity index (χ3v) is 3.92. The molecule has 1 saturated heterocycles. The Balaban J connectivity index is 2.17. The molecule has 1 heterocycles. The zero-order valence-corrected chi connectivity index (χ0v) is 13.2. The van der Waals surface area contributed by atoms with E-state index in [0.717, 1.165) is 17.0 Å². The molecule has 0 atom stereocenters. The van der Waals surface area contributed by atoms with E-state index in [1.807, 2.05) is 0 Å². The van der Waals surface area contributed by atoms with Gasteiger partial charge in [-0.25, -0.2) is 0 Å². The molecule has 0 saturated carbocycles. The van der Waals surface area contributed by atoms with Gasteiger partial charge in [-0.15, -0.1) is 0 Å². The van der Waals surface area contributed by atoms with Crippen molar-refractivity contribution < 1.29 is 35.9 Å². The van der Waals surface area contributed by atoms with Crippen LogP contribution in [0.3, 0.4) is 0 Å². The molecule has 0 radical (unpaired) electrons. The van der Waals surface area contributed by atoms with Crippen molar-refractivity contribution in [3.05, 3.63) is 34.3 Å². The van der Waals surface area contributed by atoms with E-state index in [-0.39, 0.29) is 13.1 Å². The van der Waals surface area contributed by atoms with Crippen LogP contribution in [0.1, 0.15) is 15.9 Å². The molecular formula is C14H11ClF6N2O2. The summed E-state index contributed by atoms with van der Waals surface area (Å²) in [5.41, 5.74) is -1.67. The van der Waals surface area contributed by atoms with Gasteiger partial charge in [-0.3, -0.25) is 9.59 Å². The fourth-order valence-electron chi connectivity index (χ4n) is 2.35. The monoisotopic (exact) mass is 388 g/mol. The summed E-state index contributed by atoms with van der Waals surface area (Å²) >= 11 is 5.65. The van der Waals surface area contributed by atoms with E-state index in [2.05, 4.69) is 0 Å². The van der Waals surface area contributed by atoms with Crippen LogP contribution in [0, 0.1) is 0 Å². The fraction of sp³-hybridized carbons (Fsp3) is 0.429. The molecule has 1 aromatic rings. The Morgan fingerprint density at radius 2 is 1.76 bits per heavy atom. The van der Waals surface area contributed by atoms with Gasteiger partial charge in [0, 0.05) is 13.1 Å². The van der Waals surface area contributed by atoms with Gasteiger partial charge in [0.25, 0.3) is 5.91 Å². The maximum absolute atomic E-state index is 12.8. The zero-order valence-electron chi connectivity index (χ0n) is 12.4. The van der Waals surface area contributed by atoms with Crippen molar-refractivity contribution in [3.8, 4) is 0 Å². The molecule has 2 rings (SSSR count). The van der Waals surface area contributed by atoms with Crippen LogP contribution in [0.25, 0.3) is 0 Å². The van der Waals surface area contributed by atoms with E-state index in [9.17, 15) is 35.9 Å². The number of halogens is 7. The normalized spacial score (nSPS) is 16.4. The van der Waals surface area contributed by atoms with E-state index in [4.69, 9.17) is 11.6 Å². The van der Waals surface area contributed by atoms with Crippen molar-refractivity contribution >= 4 is 23.4 Å². The molecule has 4 nitrogen and oxygen atoms in total. The van der Waals surface area contributed by atoms with Crippen LogP contribution in [-0.4, -0.2) is 54.0 Å². The van der Waals surface area contributed by atoms with Gasteiger partial charge < -0.3 is 9.80 Å². The second-order valence-electron chi connectivity index (χ2n) is 5.32. The van der Waals surface area contributed by atoms with Crippen LogP contribution in [0.5, 0.6) is 0 Å². The molecule has 0 N–H and O–H groups in total. The largest absolute Gasteiger partial charge is 0.417 e. The van der Waals surface area contributed by atoms with E-state index in [0.29, 0.717) is 11.0 Å². The second kappa shape index (κ2) is 6.74. The highest BCUT2D eigenvalue weighted by Gasteiger charge is 2.38. The second-order valence-corrected chi connectivity index (χ2v) is 5.70. The lowest BCUT2D eigenvalue weighted by Crippen LogP contribution is -2.54. The Bertz CT molecular complexity index is 689. The molecule has 2 amide bonds. The summed E-state index contributed by atoms with van der Waals surface area (Å²) in [5.74, 6) is -1.89. The van der Waals surface area contributed by atoms with Gasteiger partial charge in [0.05, 0.1) is 16.1 Å². The highest BCUT2D eigenvalue weighted by molar-refractivity contribution is 6.34. The maximum Gasteiger partial charge on any atom is 0.417 e. The Morgan fingerprint density at radius 3 is 2.28 bits per heavy atom. The van der Waals surface area contributed by atoms with Gasteiger partial charge in [0.2, 0.25) is 5.91 Å². The number of amides is 2. The molecule has 0 bridgehead atoms. The number of carbonyl (C=O) groups is 2. The Kier molecular flexibility index (Phi) is 5.22. The van der Waals surface area contributed by atoms with Crippen molar-refractivity contribution in [2.45, 2.75) is 12.4 Å². The lowest BCUT2D eigenvalue weighted by molar-refractivity contribution is -0.164. The molecular weight excluding hydrogens is 378 g/mol. The first-order valence-electron chi connectivity index (χ1n) is 6.89. The lowest BCUT2D eigenvalue weighted by Gasteiger charge is -2.34. The molecule has 1 aromatic carbocycles. The first-order chi connectivity index (χ1) is 11.4. The summed E-state index contributed by atoms with van der Waals surface area (Å²) in [7, 11) is 0. The number of hydrogen-bond acceptors (Lipinski definition) is 2. The van der Waals surface area contributed by atoms with E-state index < -0.39 is 53.4 Å². The van der Waals surface area contributed by atoms with Crippen molar-refractivity contribution in [1.82, 2.24) is 9.80 Å². The summed E-state index contributed by atoms with van der Waals surface area (Å²) < 4.78 is 75.5. The molecule has 0 aromatic heterocycles. The van der Waals surface area contributed by atoms with Gasteiger partial charge in [-0.1, -0.05) is 17.7 Å². The summed E-state index contributed by atoms with van der Waals surface area (Å²) in [6.07, 6.45) is -9.35. The highest BCUT2D eigenvalue weighted by atomic mass is 35.5. The molecule has 0 spiro atoms.